The molecule has 1 spiro atoms. The first kappa shape index (κ1) is 19.2. The van der Waals surface area contributed by atoms with Crippen LogP contribution in [0.1, 0.15) is 35.1 Å². The topological polar surface area (TPSA) is 23.5 Å². The maximum absolute atomic E-state index is 10.8. The van der Waals surface area contributed by atoms with Gasteiger partial charge in [-0.2, -0.15) is 0 Å². The summed E-state index contributed by atoms with van der Waals surface area (Å²) in [5.74, 6) is 0. The summed E-state index contributed by atoms with van der Waals surface area (Å²) >= 11 is 3.64. The van der Waals surface area contributed by atoms with Gasteiger partial charge in [-0.3, -0.25) is 4.90 Å². The second kappa shape index (κ2) is 7.36. The number of hydrogen-bond donors (Lipinski definition) is 1. The Bertz CT molecular complexity index is 872. The Morgan fingerprint density at radius 3 is 2.44 bits per heavy atom. The molecule has 2 aromatic carbocycles. The van der Waals surface area contributed by atoms with Crippen LogP contribution in [-0.4, -0.2) is 35.2 Å². The Balaban J connectivity index is 0.00000180. The fourth-order valence-electron chi connectivity index (χ4n) is 5.19. The van der Waals surface area contributed by atoms with Crippen molar-refractivity contribution in [2.24, 2.45) is 0 Å². The molecule has 0 bridgehead atoms. The third-order valence-electron chi connectivity index (χ3n) is 6.71. The fourth-order valence-corrected chi connectivity index (χ4v) is 5.55. The summed E-state index contributed by atoms with van der Waals surface area (Å²) in [7, 11) is 0. The Hall–Kier alpha value is -1.13. The molecule has 2 aromatic rings. The molecule has 5 rings (SSSR count). The number of allylic oxidation sites excluding steroid dienone is 1. The van der Waals surface area contributed by atoms with E-state index in [4.69, 9.17) is 0 Å². The van der Waals surface area contributed by atoms with E-state index >= 15 is 0 Å². The van der Waals surface area contributed by atoms with Gasteiger partial charge in [0.05, 0.1) is 6.10 Å². The second-order valence-corrected chi connectivity index (χ2v) is 8.98. The van der Waals surface area contributed by atoms with Crippen LogP contribution in [0.2, 0.25) is 0 Å². The van der Waals surface area contributed by atoms with Crippen molar-refractivity contribution in [1.82, 2.24) is 4.90 Å². The highest BCUT2D eigenvalue weighted by Gasteiger charge is 2.41. The highest BCUT2D eigenvalue weighted by molar-refractivity contribution is 9.10. The van der Waals surface area contributed by atoms with E-state index in [9.17, 15) is 5.11 Å². The number of aliphatic hydroxyl groups excluding tert-OH is 1. The monoisotopic (exact) mass is 445 g/mol. The zero-order valence-electron chi connectivity index (χ0n) is 15.3. The van der Waals surface area contributed by atoms with Crippen molar-refractivity contribution in [2.45, 2.75) is 43.2 Å². The van der Waals surface area contributed by atoms with Crippen molar-refractivity contribution >= 4 is 34.4 Å². The zero-order chi connectivity index (χ0) is 17.7. The van der Waals surface area contributed by atoms with Crippen molar-refractivity contribution < 1.29 is 5.11 Å². The number of benzene rings is 2. The van der Waals surface area contributed by atoms with E-state index in [1.807, 2.05) is 0 Å². The maximum atomic E-state index is 10.8. The van der Waals surface area contributed by atoms with Gasteiger partial charge in [-0.05, 0) is 66.7 Å². The number of fused-ring (bicyclic) bond motifs is 3. The van der Waals surface area contributed by atoms with Gasteiger partial charge in [0.1, 0.15) is 0 Å². The van der Waals surface area contributed by atoms with E-state index < -0.39 is 0 Å². The average molecular weight is 447 g/mol. The van der Waals surface area contributed by atoms with Crippen molar-refractivity contribution in [3.8, 4) is 0 Å². The van der Waals surface area contributed by atoms with Crippen molar-refractivity contribution in [3.05, 3.63) is 75.3 Å². The Kier molecular flexibility index (Phi) is 5.24. The molecule has 2 nitrogen and oxygen atoms in total. The number of nitrogens with zero attached hydrogens (tertiary/aromatic N) is 1. The average Bonchev–Trinajstić information content (AvgIpc) is 3.00. The molecule has 1 N–H and O–H groups in total. The molecular weight excluding hydrogens is 422 g/mol. The predicted octanol–water partition coefficient (Wildman–Crippen LogP) is 4.76. The summed E-state index contributed by atoms with van der Waals surface area (Å²) in [6.45, 7) is 2.11. The number of halogens is 2. The van der Waals surface area contributed by atoms with Gasteiger partial charge in [-0.1, -0.05) is 58.4 Å². The minimum Gasteiger partial charge on any atom is -0.391 e. The lowest BCUT2D eigenvalue weighted by Crippen LogP contribution is -2.53. The first-order chi connectivity index (χ1) is 12.6. The van der Waals surface area contributed by atoms with Crippen molar-refractivity contribution in [2.75, 3.05) is 13.1 Å². The molecule has 1 heterocycles. The summed E-state index contributed by atoms with van der Waals surface area (Å²) < 4.78 is 1.17. The largest absolute Gasteiger partial charge is 0.391 e. The zero-order valence-corrected chi connectivity index (χ0v) is 17.7. The van der Waals surface area contributed by atoms with Crippen LogP contribution in [0, 0.1) is 0 Å². The fraction of sp³-hybridized carbons (Fsp3) is 0.391. The van der Waals surface area contributed by atoms with Gasteiger partial charge in [0.2, 0.25) is 0 Å². The van der Waals surface area contributed by atoms with Crippen LogP contribution in [0.25, 0.3) is 6.08 Å². The summed E-state index contributed by atoms with van der Waals surface area (Å²) in [6, 6.07) is 15.5. The van der Waals surface area contributed by atoms with Crippen LogP contribution < -0.4 is 0 Å². The summed E-state index contributed by atoms with van der Waals surface area (Å²) in [5, 5.41) is 10.8. The molecule has 1 fully saturated rings. The van der Waals surface area contributed by atoms with Crippen LogP contribution >= 0.6 is 28.3 Å². The minimum absolute atomic E-state index is 0. The number of likely N-dealkylation sites (tertiary alicyclic amines) is 1. The molecule has 1 aliphatic heterocycles. The van der Waals surface area contributed by atoms with Crippen molar-refractivity contribution in [1.29, 1.82) is 0 Å². The molecule has 4 heteroatoms. The van der Waals surface area contributed by atoms with Gasteiger partial charge < -0.3 is 5.11 Å². The normalized spacial score (nSPS) is 25.7. The lowest BCUT2D eigenvalue weighted by molar-refractivity contribution is 0.0237. The lowest BCUT2D eigenvalue weighted by Gasteiger charge is -2.45. The number of piperidine rings is 1. The second-order valence-electron chi connectivity index (χ2n) is 8.07. The number of hydrogen-bond acceptors (Lipinski definition) is 2. The molecule has 2 aliphatic carbocycles. The highest BCUT2D eigenvalue weighted by atomic mass is 79.9. The van der Waals surface area contributed by atoms with E-state index in [0.29, 0.717) is 0 Å². The van der Waals surface area contributed by atoms with Gasteiger partial charge in [0.15, 0.2) is 0 Å². The molecule has 1 saturated heterocycles. The smallest absolute Gasteiger partial charge is 0.0738 e. The molecule has 0 amide bonds. The third-order valence-corrected chi connectivity index (χ3v) is 7.21. The highest BCUT2D eigenvalue weighted by Crippen LogP contribution is 2.45. The van der Waals surface area contributed by atoms with Gasteiger partial charge in [0.25, 0.3) is 0 Å². The van der Waals surface area contributed by atoms with Crippen LogP contribution in [-0.2, 0) is 18.3 Å². The van der Waals surface area contributed by atoms with Crippen LogP contribution in [0.15, 0.2) is 53.0 Å². The molecule has 0 aromatic heterocycles. The summed E-state index contributed by atoms with van der Waals surface area (Å²) in [6.07, 6.45) is 8.51. The first-order valence-corrected chi connectivity index (χ1v) is 10.4. The molecule has 0 radical (unpaired) electrons. The van der Waals surface area contributed by atoms with Gasteiger partial charge >= 0.3 is 0 Å². The predicted molar refractivity (Wildman–Crippen MR) is 117 cm³/mol. The van der Waals surface area contributed by atoms with Crippen LogP contribution in [0.4, 0.5) is 0 Å². The summed E-state index contributed by atoms with van der Waals surface area (Å²) in [4.78, 5) is 2.54. The van der Waals surface area contributed by atoms with E-state index in [1.165, 1.54) is 26.7 Å². The first-order valence-electron chi connectivity index (χ1n) is 9.63. The standard InChI is InChI=1S/C23H24BrNO.ClH/c24-19-6-5-16-7-8-23(20(16)15-19)9-11-25(12-10-23)21-13-17-3-1-2-4-18(17)14-22(21)26;/h1-8,15,21-22,26H,9-14H2;1H. The van der Waals surface area contributed by atoms with Crippen LogP contribution in [0.3, 0.4) is 0 Å². The quantitative estimate of drug-likeness (QED) is 0.683. The molecule has 27 heavy (non-hydrogen) atoms. The van der Waals surface area contributed by atoms with E-state index in [1.54, 1.807) is 0 Å². The van der Waals surface area contributed by atoms with Gasteiger partial charge in [0, 0.05) is 22.4 Å². The molecule has 0 saturated carbocycles. The van der Waals surface area contributed by atoms with Gasteiger partial charge in [-0.15, -0.1) is 12.4 Å². The molecule has 142 valence electrons. The molecule has 2 unspecified atom stereocenters. The van der Waals surface area contributed by atoms with Gasteiger partial charge in [-0.25, -0.2) is 0 Å². The van der Waals surface area contributed by atoms with E-state index in [2.05, 4.69) is 75.4 Å². The van der Waals surface area contributed by atoms with Crippen molar-refractivity contribution in [3.63, 3.8) is 0 Å². The minimum atomic E-state index is -0.250. The molecular formula is C23H25BrClNO. The summed E-state index contributed by atoms with van der Waals surface area (Å²) in [5.41, 5.74) is 5.77. The molecule has 3 aliphatic rings. The third kappa shape index (κ3) is 3.29. The maximum Gasteiger partial charge on any atom is 0.0738 e. The Labute approximate surface area is 175 Å². The number of rotatable bonds is 1. The number of aliphatic hydroxyl groups is 1. The SMILES string of the molecule is Cl.OC1Cc2ccccc2CC1N1CCC2(C=Cc3ccc(Br)cc32)CC1. The molecule has 2 atom stereocenters. The Morgan fingerprint density at radius 1 is 1.00 bits per heavy atom. The van der Waals surface area contributed by atoms with Crippen LogP contribution in [0.5, 0.6) is 0 Å². The van der Waals surface area contributed by atoms with E-state index in [-0.39, 0.29) is 30.0 Å². The van der Waals surface area contributed by atoms with E-state index in [0.717, 1.165) is 38.8 Å². The Morgan fingerprint density at radius 2 is 1.70 bits per heavy atom. The lowest BCUT2D eigenvalue weighted by atomic mass is 9.73.